The molecule has 1 aliphatic heterocycles. The van der Waals surface area contributed by atoms with Gasteiger partial charge >= 0.3 is 0 Å². The van der Waals surface area contributed by atoms with Crippen LogP contribution in [0, 0.1) is 6.92 Å². The van der Waals surface area contributed by atoms with Gasteiger partial charge in [-0.1, -0.05) is 12.1 Å². The molecule has 0 saturated carbocycles. The highest BCUT2D eigenvalue weighted by Gasteiger charge is 2.29. The number of methoxy groups -OCH3 is 2. The van der Waals surface area contributed by atoms with Crippen molar-refractivity contribution in [1.29, 1.82) is 0 Å². The van der Waals surface area contributed by atoms with Gasteiger partial charge < -0.3 is 14.8 Å². The Labute approximate surface area is 150 Å². The van der Waals surface area contributed by atoms with Crippen LogP contribution in [-0.4, -0.2) is 50.3 Å². The van der Waals surface area contributed by atoms with Crippen LogP contribution in [-0.2, 0) is 0 Å². The zero-order chi connectivity index (χ0) is 17.6. The van der Waals surface area contributed by atoms with Gasteiger partial charge in [0.1, 0.15) is 11.5 Å². The van der Waals surface area contributed by atoms with Crippen LogP contribution in [0.15, 0.2) is 36.5 Å². The van der Waals surface area contributed by atoms with Gasteiger partial charge in [0.25, 0.3) is 0 Å². The van der Waals surface area contributed by atoms with E-state index in [-0.39, 0.29) is 6.04 Å². The molecule has 5 heteroatoms. The summed E-state index contributed by atoms with van der Waals surface area (Å²) in [7, 11) is 3.42. The SMILES string of the molecule is COc1cccc(OC)c1C(c1ccc(C)cn1)N1CCCNCC1. The molecule has 134 valence electrons. The summed E-state index contributed by atoms with van der Waals surface area (Å²) in [6.07, 6.45) is 3.04. The smallest absolute Gasteiger partial charge is 0.127 e. The van der Waals surface area contributed by atoms with Gasteiger partial charge in [0, 0.05) is 25.8 Å². The standard InChI is InChI=1S/C20H27N3O2/c1-15-8-9-16(22-14-15)20(23-12-5-10-21-11-13-23)19-17(24-2)6-4-7-18(19)25-3/h4,6-9,14,20-21H,5,10-13H2,1-3H3. The highest BCUT2D eigenvalue weighted by molar-refractivity contribution is 5.50. The van der Waals surface area contributed by atoms with Crippen molar-refractivity contribution in [1.82, 2.24) is 15.2 Å². The summed E-state index contributed by atoms with van der Waals surface area (Å²) in [5, 5.41) is 3.48. The Morgan fingerprint density at radius 3 is 2.44 bits per heavy atom. The van der Waals surface area contributed by atoms with Crippen molar-refractivity contribution >= 4 is 0 Å². The summed E-state index contributed by atoms with van der Waals surface area (Å²) < 4.78 is 11.4. The average molecular weight is 341 g/mol. The number of nitrogens with zero attached hydrogens (tertiary/aromatic N) is 2. The number of pyridine rings is 1. The first kappa shape index (κ1) is 17.7. The largest absolute Gasteiger partial charge is 0.496 e. The predicted octanol–water partition coefficient (Wildman–Crippen LogP) is 2.79. The molecule has 1 N–H and O–H groups in total. The van der Waals surface area contributed by atoms with E-state index in [0.717, 1.165) is 60.9 Å². The molecule has 2 aromatic rings. The number of rotatable bonds is 5. The van der Waals surface area contributed by atoms with Gasteiger partial charge in [-0.3, -0.25) is 9.88 Å². The van der Waals surface area contributed by atoms with Crippen LogP contribution < -0.4 is 14.8 Å². The Hall–Kier alpha value is -2.11. The molecule has 1 aromatic carbocycles. The van der Waals surface area contributed by atoms with E-state index in [9.17, 15) is 0 Å². The molecule has 3 rings (SSSR count). The van der Waals surface area contributed by atoms with E-state index in [0.29, 0.717) is 0 Å². The van der Waals surface area contributed by atoms with Crippen molar-refractivity contribution in [2.45, 2.75) is 19.4 Å². The van der Waals surface area contributed by atoms with Gasteiger partial charge in [-0.15, -0.1) is 0 Å². The third-order valence-corrected chi connectivity index (χ3v) is 4.69. The topological polar surface area (TPSA) is 46.6 Å². The summed E-state index contributed by atoms with van der Waals surface area (Å²) >= 11 is 0. The third kappa shape index (κ3) is 3.94. The number of hydrogen-bond acceptors (Lipinski definition) is 5. The number of aryl methyl sites for hydroxylation is 1. The summed E-state index contributed by atoms with van der Waals surface area (Å²) in [6, 6.07) is 10.2. The highest BCUT2D eigenvalue weighted by Crippen LogP contribution is 2.40. The van der Waals surface area contributed by atoms with Crippen LogP contribution in [0.3, 0.4) is 0 Å². The molecule has 0 bridgehead atoms. The van der Waals surface area contributed by atoms with Crippen LogP contribution >= 0.6 is 0 Å². The van der Waals surface area contributed by atoms with E-state index in [1.54, 1.807) is 14.2 Å². The zero-order valence-corrected chi connectivity index (χ0v) is 15.3. The van der Waals surface area contributed by atoms with Crippen LogP contribution in [0.4, 0.5) is 0 Å². The Kier molecular flexibility index (Phi) is 5.89. The van der Waals surface area contributed by atoms with Crippen LogP contribution in [0.2, 0.25) is 0 Å². The lowest BCUT2D eigenvalue weighted by molar-refractivity contribution is 0.227. The van der Waals surface area contributed by atoms with Crippen molar-refractivity contribution < 1.29 is 9.47 Å². The summed E-state index contributed by atoms with van der Waals surface area (Å²) in [6.45, 7) is 6.05. The van der Waals surface area contributed by atoms with Crippen molar-refractivity contribution in [3.05, 3.63) is 53.3 Å². The zero-order valence-electron chi connectivity index (χ0n) is 15.3. The Bertz CT molecular complexity index is 658. The van der Waals surface area contributed by atoms with Gasteiger partial charge in [0.05, 0.1) is 31.5 Å². The maximum atomic E-state index is 5.69. The van der Waals surface area contributed by atoms with Crippen LogP contribution in [0.5, 0.6) is 11.5 Å². The number of hydrogen-bond donors (Lipinski definition) is 1. The number of benzene rings is 1. The molecule has 2 heterocycles. The Morgan fingerprint density at radius 2 is 1.80 bits per heavy atom. The molecule has 0 spiro atoms. The number of aromatic nitrogens is 1. The van der Waals surface area contributed by atoms with E-state index in [1.165, 1.54) is 0 Å². The second kappa shape index (κ2) is 8.32. The number of ether oxygens (including phenoxy) is 2. The Morgan fingerprint density at radius 1 is 1.04 bits per heavy atom. The van der Waals surface area contributed by atoms with E-state index < -0.39 is 0 Å². The predicted molar refractivity (Wildman–Crippen MR) is 99.4 cm³/mol. The first-order valence-corrected chi connectivity index (χ1v) is 8.83. The van der Waals surface area contributed by atoms with E-state index in [2.05, 4.69) is 29.3 Å². The molecular weight excluding hydrogens is 314 g/mol. The molecule has 1 aliphatic rings. The molecule has 5 nitrogen and oxygen atoms in total. The minimum absolute atomic E-state index is 0.00611. The van der Waals surface area contributed by atoms with Gasteiger partial charge in [0.15, 0.2) is 0 Å². The normalized spacial score (nSPS) is 16.9. The lowest BCUT2D eigenvalue weighted by Crippen LogP contribution is -2.34. The molecule has 0 radical (unpaired) electrons. The number of nitrogens with one attached hydrogen (secondary N) is 1. The average Bonchev–Trinajstić information content (AvgIpc) is 2.93. The Balaban J connectivity index is 2.12. The molecule has 1 unspecified atom stereocenters. The van der Waals surface area contributed by atoms with E-state index >= 15 is 0 Å². The van der Waals surface area contributed by atoms with Crippen molar-refractivity contribution in [3.8, 4) is 11.5 Å². The first-order valence-electron chi connectivity index (χ1n) is 8.83. The summed E-state index contributed by atoms with van der Waals surface area (Å²) in [5.74, 6) is 1.67. The van der Waals surface area contributed by atoms with E-state index in [4.69, 9.17) is 14.5 Å². The fourth-order valence-corrected chi connectivity index (χ4v) is 3.43. The fourth-order valence-electron chi connectivity index (χ4n) is 3.43. The summed E-state index contributed by atoms with van der Waals surface area (Å²) in [4.78, 5) is 7.21. The second-order valence-electron chi connectivity index (χ2n) is 6.38. The second-order valence-corrected chi connectivity index (χ2v) is 6.38. The van der Waals surface area contributed by atoms with Gasteiger partial charge in [0.2, 0.25) is 0 Å². The van der Waals surface area contributed by atoms with Gasteiger partial charge in [-0.2, -0.15) is 0 Å². The molecule has 1 fully saturated rings. The van der Waals surface area contributed by atoms with Gasteiger partial charge in [-0.25, -0.2) is 0 Å². The fraction of sp³-hybridized carbons (Fsp3) is 0.450. The third-order valence-electron chi connectivity index (χ3n) is 4.69. The van der Waals surface area contributed by atoms with Crippen molar-refractivity contribution in [2.75, 3.05) is 40.4 Å². The van der Waals surface area contributed by atoms with Gasteiger partial charge in [-0.05, 0) is 43.7 Å². The van der Waals surface area contributed by atoms with Crippen LogP contribution in [0.1, 0.15) is 29.3 Å². The molecule has 25 heavy (non-hydrogen) atoms. The molecule has 0 aliphatic carbocycles. The maximum Gasteiger partial charge on any atom is 0.127 e. The highest BCUT2D eigenvalue weighted by atomic mass is 16.5. The summed E-state index contributed by atoms with van der Waals surface area (Å²) in [5.41, 5.74) is 3.23. The molecule has 0 amide bonds. The molecule has 1 saturated heterocycles. The lowest BCUT2D eigenvalue weighted by atomic mass is 9.98. The monoisotopic (exact) mass is 341 g/mol. The van der Waals surface area contributed by atoms with Crippen molar-refractivity contribution in [2.24, 2.45) is 0 Å². The maximum absolute atomic E-state index is 5.69. The van der Waals surface area contributed by atoms with Crippen molar-refractivity contribution in [3.63, 3.8) is 0 Å². The molecular formula is C20H27N3O2. The lowest BCUT2D eigenvalue weighted by Gasteiger charge is -2.32. The minimum Gasteiger partial charge on any atom is -0.496 e. The quantitative estimate of drug-likeness (QED) is 0.906. The van der Waals surface area contributed by atoms with Crippen LogP contribution in [0.25, 0.3) is 0 Å². The molecule has 1 atom stereocenters. The molecule has 1 aromatic heterocycles. The minimum atomic E-state index is 0.00611. The van der Waals surface area contributed by atoms with E-state index in [1.807, 2.05) is 24.4 Å². The first-order chi connectivity index (χ1) is 12.2.